The fraction of sp³-hybridized carbons (Fsp3) is 0. The van der Waals surface area contributed by atoms with Crippen LogP contribution in [0.5, 0.6) is 0 Å². The minimum absolute atomic E-state index is 0. The summed E-state index contributed by atoms with van der Waals surface area (Å²) in [4.78, 5) is 0. The van der Waals surface area contributed by atoms with Crippen molar-refractivity contribution in [3.8, 4) is 0 Å². The predicted molar refractivity (Wildman–Crippen MR) is 17.8 cm³/mol. The van der Waals surface area contributed by atoms with Crippen molar-refractivity contribution in [1.82, 2.24) is 0 Å². The molecule has 0 saturated heterocycles. The summed E-state index contributed by atoms with van der Waals surface area (Å²) < 4.78 is 8.28. The Hall–Kier alpha value is 1.72. The molecule has 0 bridgehead atoms. The molecule has 0 aromatic carbocycles. The number of hydrogen-bond acceptors (Lipinski definition) is 1. The standard InChI is InChI=1S/Al.Cu.In.O.4H. The maximum absolute atomic E-state index is 8.28. The quantitative estimate of drug-likeness (QED) is 0.438. The Morgan fingerprint density at radius 3 is 1.25 bits per heavy atom. The van der Waals surface area contributed by atoms with E-state index >= 15 is 0 Å². The average molecular weight is 225 g/mol. The summed E-state index contributed by atoms with van der Waals surface area (Å²) in [6.45, 7) is 0. The number of hydrogen-bond donors (Lipinski definition) is 0. The Balaban J connectivity index is -0.00000000500. The van der Waals surface area contributed by atoms with Crippen molar-refractivity contribution in [1.29, 1.82) is 0 Å². The van der Waals surface area contributed by atoms with Crippen LogP contribution in [0.2, 0.25) is 0 Å². The monoisotopic (exact) mass is 225 g/mol. The Bertz CT molecular complexity index is 8.00. The second kappa shape index (κ2) is 22.1. The second-order valence-corrected chi connectivity index (χ2v) is 0. The molecule has 0 spiro atoms. The van der Waals surface area contributed by atoms with Crippen LogP contribution < -0.4 is 0 Å². The van der Waals surface area contributed by atoms with Gasteiger partial charge in [-0.25, -0.2) is 0 Å². The molecule has 0 saturated carbocycles. The molecule has 0 aliphatic carbocycles. The van der Waals surface area contributed by atoms with Crippen LogP contribution in [0, 0.1) is 0 Å². The molecule has 0 fully saturated rings. The molecule has 0 aromatic rings. The number of rotatable bonds is 0. The van der Waals surface area contributed by atoms with Gasteiger partial charge >= 0.3 is 45.9 Å². The Morgan fingerprint density at radius 1 is 1.25 bits per heavy atom. The van der Waals surface area contributed by atoms with Gasteiger partial charge in [-0.2, -0.15) is 0 Å². The fourth-order valence-corrected chi connectivity index (χ4v) is 0. The minimum atomic E-state index is 0. The van der Waals surface area contributed by atoms with E-state index in [4.69, 9.17) is 3.80 Å². The van der Waals surface area contributed by atoms with Gasteiger partial charge in [-0.3, -0.25) is 0 Å². The molecule has 4 heteroatoms. The van der Waals surface area contributed by atoms with Gasteiger partial charge in [-0.15, -0.1) is 0 Å². The van der Waals surface area contributed by atoms with Crippen molar-refractivity contribution in [3.05, 3.63) is 0 Å². The van der Waals surface area contributed by atoms with Crippen LogP contribution in [-0.4, -0.2) is 42.1 Å². The molecule has 0 aliphatic rings. The van der Waals surface area contributed by atoms with E-state index in [0.29, 0.717) is 16.2 Å². The zero-order chi connectivity index (χ0) is 2.00. The first-order valence-corrected chi connectivity index (χ1v) is 0.866. The SMILES string of the molecule is [Cu].[InH3].[O]=[AlH]. The van der Waals surface area contributed by atoms with E-state index in [-0.39, 0.29) is 42.9 Å². The van der Waals surface area contributed by atoms with Crippen molar-refractivity contribution in [2.24, 2.45) is 0 Å². The van der Waals surface area contributed by atoms with E-state index in [9.17, 15) is 0 Å². The van der Waals surface area contributed by atoms with Crippen LogP contribution in [0.15, 0.2) is 0 Å². The van der Waals surface area contributed by atoms with Gasteiger partial charge in [0.2, 0.25) is 0 Å². The van der Waals surface area contributed by atoms with Gasteiger partial charge in [-0.05, 0) is 0 Å². The van der Waals surface area contributed by atoms with E-state index < -0.39 is 0 Å². The molecule has 0 N–H and O–H groups in total. The molecule has 0 rings (SSSR count). The molecule has 4 heavy (non-hydrogen) atoms. The molecule has 0 amide bonds. The van der Waals surface area contributed by atoms with Crippen molar-refractivity contribution >= 4 is 42.1 Å². The van der Waals surface area contributed by atoms with Crippen LogP contribution in [-0.2, 0) is 20.9 Å². The van der Waals surface area contributed by atoms with Gasteiger partial charge in [0.1, 0.15) is 0 Å². The summed E-state index contributed by atoms with van der Waals surface area (Å²) in [5.74, 6) is 0. The molecular weight excluding hydrogens is 221 g/mol. The van der Waals surface area contributed by atoms with Gasteiger partial charge in [0.25, 0.3) is 0 Å². The summed E-state index contributed by atoms with van der Waals surface area (Å²) in [7, 11) is 0. The summed E-state index contributed by atoms with van der Waals surface area (Å²) >= 11 is 0.611. The van der Waals surface area contributed by atoms with Crippen LogP contribution in [0.25, 0.3) is 0 Å². The normalized spacial score (nSPS) is 0.750. The Morgan fingerprint density at radius 2 is 1.25 bits per heavy atom. The van der Waals surface area contributed by atoms with Gasteiger partial charge in [-0.1, -0.05) is 0 Å². The molecule has 0 heterocycles. The van der Waals surface area contributed by atoms with E-state index in [1.165, 1.54) is 0 Å². The predicted octanol–water partition coefficient (Wildman–Crippen LogP) is -1.95. The van der Waals surface area contributed by atoms with Gasteiger partial charge < -0.3 is 0 Å². The summed E-state index contributed by atoms with van der Waals surface area (Å²) in [6, 6.07) is 0. The van der Waals surface area contributed by atoms with Gasteiger partial charge in [0, 0.05) is 17.1 Å². The molecule has 27 valence electrons. The Kier molecular flexibility index (Phi) is 95.0. The van der Waals surface area contributed by atoms with Crippen molar-refractivity contribution < 1.29 is 20.9 Å². The molecule has 1 radical (unpaired) electrons. The zero-order valence-electron chi connectivity index (χ0n) is 1.42. The molecule has 0 aliphatic heterocycles. The van der Waals surface area contributed by atoms with Crippen LogP contribution in [0.4, 0.5) is 0 Å². The third kappa shape index (κ3) is 9.30. The Labute approximate surface area is 62.4 Å². The van der Waals surface area contributed by atoms with Gasteiger partial charge in [0.15, 0.2) is 0 Å². The van der Waals surface area contributed by atoms with E-state index in [0.717, 1.165) is 0 Å². The third-order valence-electron chi connectivity index (χ3n) is 0. The van der Waals surface area contributed by atoms with Crippen LogP contribution in [0.1, 0.15) is 0 Å². The van der Waals surface area contributed by atoms with Crippen molar-refractivity contribution in [2.45, 2.75) is 0 Å². The van der Waals surface area contributed by atoms with Gasteiger partial charge in [0.05, 0.1) is 0 Å². The van der Waals surface area contributed by atoms with Crippen LogP contribution >= 0.6 is 0 Å². The summed E-state index contributed by atoms with van der Waals surface area (Å²) in [5, 5.41) is 0. The van der Waals surface area contributed by atoms with Crippen LogP contribution in [0.3, 0.4) is 0 Å². The molecule has 0 unspecified atom stereocenters. The zero-order valence-corrected chi connectivity index (χ0v) is 3.77. The topological polar surface area (TPSA) is 17.1 Å². The molecule has 1 nitrogen and oxygen atoms in total. The first kappa shape index (κ1) is 17.2. The second-order valence-electron chi connectivity index (χ2n) is 0. The van der Waals surface area contributed by atoms with E-state index in [2.05, 4.69) is 0 Å². The van der Waals surface area contributed by atoms with Crippen molar-refractivity contribution in [3.63, 3.8) is 0 Å². The summed E-state index contributed by atoms with van der Waals surface area (Å²) in [5.41, 5.74) is 0. The first-order valence-electron chi connectivity index (χ1n) is 0.289. The maximum atomic E-state index is 8.28. The van der Waals surface area contributed by atoms with Crippen molar-refractivity contribution in [2.75, 3.05) is 0 Å². The average Bonchev–Trinajstić information content (AvgIpc) is 1.00. The fourth-order valence-electron chi connectivity index (χ4n) is 0. The molecule has 0 aromatic heterocycles. The van der Waals surface area contributed by atoms with E-state index in [1.54, 1.807) is 0 Å². The molecular formula is H4AlCuInO. The van der Waals surface area contributed by atoms with E-state index in [1.807, 2.05) is 0 Å². The first-order chi connectivity index (χ1) is 1.00. The third-order valence-corrected chi connectivity index (χ3v) is 0. The molecule has 0 atom stereocenters. The summed E-state index contributed by atoms with van der Waals surface area (Å²) in [6.07, 6.45) is 0.